The Hall–Kier alpha value is -2.79. The second kappa shape index (κ2) is 9.69. The molecule has 4 heterocycles. The molecule has 4 atom stereocenters. The quantitative estimate of drug-likeness (QED) is 0.0586. The summed E-state index contributed by atoms with van der Waals surface area (Å²) in [7, 11) is 3.16. The van der Waals surface area contributed by atoms with Crippen LogP contribution in [0, 0.1) is 0 Å². The van der Waals surface area contributed by atoms with Gasteiger partial charge in [-0.1, -0.05) is 9.68 Å². The molecule has 7 N–H and O–H groups in total. The Kier molecular flexibility index (Phi) is 7.01. The van der Waals surface area contributed by atoms with Gasteiger partial charge in [-0.3, -0.25) is 24.7 Å². The summed E-state index contributed by atoms with van der Waals surface area (Å²) in [4.78, 5) is 56.0. The number of fused-ring (bicyclic) bond motifs is 1. The van der Waals surface area contributed by atoms with E-state index in [0.29, 0.717) is 35.3 Å². The van der Waals surface area contributed by atoms with E-state index in [-0.39, 0.29) is 17.1 Å². The molecule has 3 amide bonds. The van der Waals surface area contributed by atoms with Crippen molar-refractivity contribution in [2.45, 2.75) is 30.3 Å². The number of thioether (sulfide) groups is 1. The third-order valence-corrected chi connectivity index (χ3v) is 8.48. The molecule has 4 rings (SSSR count). The SMILES string of the molecule is CO/N=C(\C(=O)N[C@@H]1C(=O)N2C(C(=O)O)=C(C[N@+]3(C)CCC[C@H]3C(N)=O)CS[C@H]12)C1=CSN(N)N1. The number of quaternary nitrogens is 1. The molecule has 0 unspecified atom stereocenters. The maximum absolute atomic E-state index is 13.0. The Bertz CT molecular complexity index is 1060. The van der Waals surface area contributed by atoms with E-state index in [1.54, 1.807) is 5.41 Å². The van der Waals surface area contributed by atoms with Crippen LogP contribution in [0.4, 0.5) is 0 Å². The fourth-order valence-corrected chi connectivity index (χ4v) is 6.77. The zero-order valence-electron chi connectivity index (χ0n) is 19.1. The van der Waals surface area contributed by atoms with Gasteiger partial charge in [-0.2, -0.15) is 0 Å². The van der Waals surface area contributed by atoms with Gasteiger partial charge < -0.3 is 25.5 Å². The Morgan fingerprint density at radius 1 is 1.43 bits per heavy atom. The number of amides is 3. The molecule has 0 radical (unpaired) electrons. The van der Waals surface area contributed by atoms with Crippen molar-refractivity contribution in [3.8, 4) is 0 Å². The van der Waals surface area contributed by atoms with E-state index in [0.717, 1.165) is 18.4 Å². The Morgan fingerprint density at radius 2 is 2.17 bits per heavy atom. The molecule has 0 saturated carbocycles. The normalized spacial score (nSPS) is 30.9. The summed E-state index contributed by atoms with van der Waals surface area (Å²) >= 11 is 2.45. The summed E-state index contributed by atoms with van der Waals surface area (Å²) < 4.78 is 1.47. The van der Waals surface area contributed by atoms with E-state index < -0.39 is 41.1 Å². The largest absolute Gasteiger partial charge is 0.477 e. The number of carbonyl (C=O) groups excluding carboxylic acids is 3. The fraction of sp³-hybridized carbons (Fsp3) is 0.526. The van der Waals surface area contributed by atoms with Gasteiger partial charge in [0.2, 0.25) is 0 Å². The van der Waals surface area contributed by atoms with E-state index in [1.807, 2.05) is 7.05 Å². The maximum Gasteiger partial charge on any atom is 0.352 e. The van der Waals surface area contributed by atoms with Crippen LogP contribution < -0.4 is 22.3 Å². The molecule has 4 aliphatic rings. The van der Waals surface area contributed by atoms with Crippen LogP contribution in [-0.4, -0.2) is 98.9 Å². The first-order chi connectivity index (χ1) is 16.6. The van der Waals surface area contributed by atoms with Gasteiger partial charge in [0.15, 0.2) is 11.8 Å². The highest BCUT2D eigenvalue weighted by atomic mass is 32.2. The van der Waals surface area contributed by atoms with Crippen LogP contribution >= 0.6 is 23.7 Å². The van der Waals surface area contributed by atoms with Crippen molar-refractivity contribution in [1.82, 2.24) is 20.2 Å². The van der Waals surface area contributed by atoms with Gasteiger partial charge in [0, 0.05) is 29.6 Å². The molecule has 0 aromatic heterocycles. The number of nitrogens with two attached hydrogens (primary N) is 2. The number of oxime groups is 1. The Balaban J connectivity index is 1.52. The number of likely N-dealkylation sites (N-methyl/N-ethyl adjacent to an activating group) is 1. The number of carboxylic acids is 1. The van der Waals surface area contributed by atoms with Gasteiger partial charge in [0.25, 0.3) is 17.7 Å². The van der Waals surface area contributed by atoms with Crippen molar-refractivity contribution in [3.05, 3.63) is 22.4 Å². The highest BCUT2D eigenvalue weighted by molar-refractivity contribution is 8.00. The predicted molar refractivity (Wildman–Crippen MR) is 127 cm³/mol. The number of hydrogen-bond donors (Lipinski definition) is 5. The van der Waals surface area contributed by atoms with E-state index in [4.69, 9.17) is 16.4 Å². The number of nitrogens with zero attached hydrogens (tertiary/aromatic N) is 4. The molecule has 35 heavy (non-hydrogen) atoms. The van der Waals surface area contributed by atoms with E-state index >= 15 is 0 Å². The van der Waals surface area contributed by atoms with Gasteiger partial charge in [-0.15, -0.1) is 11.8 Å². The van der Waals surface area contributed by atoms with Gasteiger partial charge >= 0.3 is 5.97 Å². The number of hydrogen-bond acceptors (Lipinski definition) is 11. The average Bonchev–Trinajstić information content (AvgIpc) is 3.40. The molecule has 2 fully saturated rings. The monoisotopic (exact) mass is 527 g/mol. The number of likely N-dealkylation sites (tertiary alicyclic amines) is 1. The number of aliphatic carboxylic acids is 1. The van der Waals surface area contributed by atoms with E-state index in [2.05, 4.69) is 15.9 Å². The molecule has 0 aliphatic carbocycles. The molecular weight excluding hydrogens is 500 g/mol. The number of carboxylic acid groups (broad SMARTS) is 1. The molecule has 190 valence electrons. The molecule has 0 bridgehead atoms. The summed E-state index contributed by atoms with van der Waals surface area (Å²) in [6.45, 7) is 0.988. The van der Waals surface area contributed by atoms with Crippen molar-refractivity contribution in [3.63, 3.8) is 0 Å². The lowest BCUT2D eigenvalue weighted by Gasteiger charge is -2.50. The minimum Gasteiger partial charge on any atom is -0.477 e. The smallest absolute Gasteiger partial charge is 0.352 e. The van der Waals surface area contributed by atoms with Crippen LogP contribution in [0.3, 0.4) is 0 Å². The highest BCUT2D eigenvalue weighted by Crippen LogP contribution is 2.41. The molecular formula is C19H27N8O6S2+. The molecule has 0 aromatic rings. The predicted octanol–water partition coefficient (Wildman–Crippen LogP) is -1.99. The Labute approximate surface area is 209 Å². The van der Waals surface area contributed by atoms with E-state index in [1.165, 1.54) is 28.3 Å². The minimum atomic E-state index is -1.23. The number of nitrogens with one attached hydrogen (secondary N) is 2. The lowest BCUT2D eigenvalue weighted by atomic mass is 10.0. The first-order valence-electron chi connectivity index (χ1n) is 10.7. The third kappa shape index (κ3) is 4.58. The van der Waals surface area contributed by atoms with Gasteiger partial charge in [0.1, 0.15) is 30.8 Å². The average molecular weight is 528 g/mol. The summed E-state index contributed by atoms with van der Waals surface area (Å²) in [6, 6.07) is -1.34. The van der Waals surface area contributed by atoms with Gasteiger partial charge in [0.05, 0.1) is 19.3 Å². The zero-order valence-corrected chi connectivity index (χ0v) is 20.7. The van der Waals surface area contributed by atoms with Crippen LogP contribution in [0.5, 0.6) is 0 Å². The number of rotatable bonds is 8. The van der Waals surface area contributed by atoms with E-state index in [9.17, 15) is 24.3 Å². The van der Waals surface area contributed by atoms with Crippen molar-refractivity contribution in [1.29, 1.82) is 0 Å². The molecule has 0 aromatic carbocycles. The molecule has 0 spiro atoms. The molecule has 2 saturated heterocycles. The van der Waals surface area contributed by atoms with Crippen LogP contribution in [0.15, 0.2) is 27.5 Å². The van der Waals surface area contributed by atoms with Crippen molar-refractivity contribution >= 4 is 53.1 Å². The highest BCUT2D eigenvalue weighted by Gasteiger charge is 2.55. The second-order valence-corrected chi connectivity index (χ2v) is 10.7. The zero-order chi connectivity index (χ0) is 25.5. The first kappa shape index (κ1) is 25.3. The number of primary amides is 1. The number of β-lactam (4-membered cyclic amide) rings is 1. The lowest BCUT2D eigenvalue weighted by molar-refractivity contribution is -0.907. The van der Waals surface area contributed by atoms with Gasteiger partial charge in [-0.25, -0.2) is 10.6 Å². The number of carbonyl (C=O) groups is 4. The van der Waals surface area contributed by atoms with Crippen LogP contribution in [0.2, 0.25) is 0 Å². The van der Waals surface area contributed by atoms with Crippen molar-refractivity contribution in [2.24, 2.45) is 16.7 Å². The second-order valence-electron chi connectivity index (χ2n) is 8.74. The molecule has 16 heteroatoms. The summed E-state index contributed by atoms with van der Waals surface area (Å²) in [5.74, 6) is 3.09. The lowest BCUT2D eigenvalue weighted by Crippen LogP contribution is -2.71. The number of hydrazine groups is 2. The molecule has 4 aliphatic heterocycles. The molecule has 14 nitrogen and oxygen atoms in total. The summed E-state index contributed by atoms with van der Waals surface area (Å²) in [6.07, 6.45) is 1.45. The standard InChI is InChI=1S/C19H26N8O6S2/c1-27(5-3-4-11(27)15(20)28)6-9-7-34-18-13(17(30)25(18)14(9)19(31)32)22-16(29)12(24-33-2)10-8-35-26(21)23-10/h8,11,13,18,23H,3-7,21H2,1-2H3,(H3-,20,22,28,29,31,32)/p+1/b24-12-/t11-,13+,18+,27-/m0/s1. The first-order valence-corrected chi connectivity index (χ1v) is 12.6. The van der Waals surface area contributed by atoms with Crippen molar-refractivity contribution < 1.29 is 33.6 Å². The summed E-state index contributed by atoms with van der Waals surface area (Å²) in [5.41, 5.74) is 8.94. The topological polar surface area (TPSA) is 193 Å². The minimum absolute atomic E-state index is 0.0974. The third-order valence-electron chi connectivity index (χ3n) is 6.48. The Morgan fingerprint density at radius 3 is 2.77 bits per heavy atom. The summed E-state index contributed by atoms with van der Waals surface area (Å²) in [5, 5.41) is 17.3. The van der Waals surface area contributed by atoms with Gasteiger partial charge in [-0.05, 0) is 11.9 Å². The maximum atomic E-state index is 13.0. The van der Waals surface area contributed by atoms with Crippen LogP contribution in [0.25, 0.3) is 0 Å². The van der Waals surface area contributed by atoms with Crippen LogP contribution in [0.1, 0.15) is 12.8 Å². The van der Waals surface area contributed by atoms with Crippen LogP contribution in [-0.2, 0) is 24.0 Å². The van der Waals surface area contributed by atoms with Crippen molar-refractivity contribution in [2.75, 3.05) is 33.0 Å². The fourth-order valence-electron chi connectivity index (χ4n) is 4.90.